The van der Waals surface area contributed by atoms with Crippen LogP contribution in [-0.2, 0) is 30.4 Å². The van der Waals surface area contributed by atoms with Crippen molar-refractivity contribution >= 4 is 40.5 Å². The van der Waals surface area contributed by atoms with Gasteiger partial charge in [-0.15, -0.1) is 0 Å². The number of rotatable bonds is 17. The number of aromatic nitrogens is 1. The first-order chi connectivity index (χ1) is 19.0. The molecule has 0 aliphatic heterocycles. The average molecular weight is 560 g/mol. The minimum atomic E-state index is -1.44. The lowest BCUT2D eigenvalue weighted by atomic mass is 9.98. The molecule has 5 unspecified atom stereocenters. The molecule has 4 amide bonds. The molecule has 1 aromatic carbocycles. The van der Waals surface area contributed by atoms with Crippen LogP contribution in [0.4, 0.5) is 0 Å². The van der Waals surface area contributed by atoms with Crippen LogP contribution < -0.4 is 33.2 Å². The molecule has 0 fully saturated rings. The summed E-state index contributed by atoms with van der Waals surface area (Å²) in [5, 5.41) is 17.9. The van der Waals surface area contributed by atoms with Crippen LogP contribution in [0.5, 0.6) is 0 Å². The van der Waals surface area contributed by atoms with Crippen LogP contribution in [0.2, 0.25) is 0 Å². The molecule has 1 heterocycles. The summed E-state index contributed by atoms with van der Waals surface area (Å²) in [4.78, 5) is 65.6. The molecule has 13 nitrogen and oxygen atoms in total. The molecule has 40 heavy (non-hydrogen) atoms. The van der Waals surface area contributed by atoms with Crippen LogP contribution in [-0.4, -0.2) is 70.4 Å². The number of carbonyl (C=O) groups excluding carboxylic acids is 4. The number of H-pyrrole nitrogens is 1. The van der Waals surface area contributed by atoms with Gasteiger partial charge in [-0.2, -0.15) is 0 Å². The van der Waals surface area contributed by atoms with Crippen LogP contribution in [0.15, 0.2) is 30.5 Å². The number of amides is 4. The molecule has 0 radical (unpaired) electrons. The van der Waals surface area contributed by atoms with Gasteiger partial charge in [0.1, 0.15) is 18.1 Å². The number of aromatic amines is 1. The molecule has 0 saturated carbocycles. The second-order valence-corrected chi connectivity index (χ2v) is 9.96. The molecule has 11 N–H and O–H groups in total. The van der Waals surface area contributed by atoms with E-state index in [1.165, 1.54) is 0 Å². The molecule has 0 saturated heterocycles. The highest BCUT2D eigenvalue weighted by molar-refractivity contribution is 5.96. The smallest absolute Gasteiger partial charge is 0.326 e. The normalized spacial score (nSPS) is 14.9. The number of carboxylic acids is 1. The Balaban J connectivity index is 2.15. The fourth-order valence-corrected chi connectivity index (χ4v) is 4.29. The van der Waals surface area contributed by atoms with Crippen molar-refractivity contribution in [1.82, 2.24) is 20.9 Å². The Morgan fingerprint density at radius 1 is 0.975 bits per heavy atom. The molecule has 2 rings (SSSR count). The predicted molar refractivity (Wildman–Crippen MR) is 150 cm³/mol. The van der Waals surface area contributed by atoms with E-state index in [1.54, 1.807) is 20.0 Å². The Hall–Kier alpha value is -3.97. The summed E-state index contributed by atoms with van der Waals surface area (Å²) in [6.45, 7) is 3.80. The lowest BCUT2D eigenvalue weighted by Crippen LogP contribution is -2.58. The van der Waals surface area contributed by atoms with Crippen molar-refractivity contribution in [2.75, 3.05) is 6.54 Å². The number of unbranched alkanes of at least 4 members (excludes halogenated alkanes) is 1. The maximum absolute atomic E-state index is 13.2. The zero-order valence-electron chi connectivity index (χ0n) is 22.9. The van der Waals surface area contributed by atoms with Gasteiger partial charge in [-0.05, 0) is 49.8 Å². The largest absolute Gasteiger partial charge is 0.480 e. The maximum Gasteiger partial charge on any atom is 0.326 e. The molecular weight excluding hydrogens is 518 g/mol. The molecule has 0 spiro atoms. The first-order valence-electron chi connectivity index (χ1n) is 13.4. The lowest BCUT2D eigenvalue weighted by molar-refractivity contribution is -0.144. The quantitative estimate of drug-likeness (QED) is 0.119. The summed E-state index contributed by atoms with van der Waals surface area (Å²) >= 11 is 0. The first kappa shape index (κ1) is 32.2. The third kappa shape index (κ3) is 9.35. The number of carbonyl (C=O) groups is 5. The van der Waals surface area contributed by atoms with Gasteiger partial charge in [-0.3, -0.25) is 19.2 Å². The highest BCUT2D eigenvalue weighted by Gasteiger charge is 2.32. The number of hydrogen-bond acceptors (Lipinski definition) is 7. The fraction of sp³-hybridized carbons (Fsp3) is 0.519. The SMILES string of the molecule is CCC(C)C(NC(=O)C(CC(N)=O)NC(=O)C(CCCCN)NC(=O)C(N)Cc1c[nH]c2ccccc12)C(=O)O. The molecule has 5 atom stereocenters. The van der Waals surface area contributed by atoms with Gasteiger partial charge in [0, 0.05) is 17.1 Å². The van der Waals surface area contributed by atoms with Gasteiger partial charge in [-0.1, -0.05) is 38.5 Å². The molecule has 2 aromatic rings. The van der Waals surface area contributed by atoms with Crippen molar-refractivity contribution in [2.45, 2.75) is 76.5 Å². The van der Waals surface area contributed by atoms with Gasteiger partial charge < -0.3 is 43.2 Å². The summed E-state index contributed by atoms with van der Waals surface area (Å²) in [6, 6.07) is 2.86. The fourth-order valence-electron chi connectivity index (χ4n) is 4.29. The summed E-state index contributed by atoms with van der Waals surface area (Å²) in [7, 11) is 0. The number of primary amides is 1. The highest BCUT2D eigenvalue weighted by atomic mass is 16.4. The van der Waals surface area contributed by atoms with E-state index in [0.717, 1.165) is 16.5 Å². The van der Waals surface area contributed by atoms with Crippen LogP contribution in [0, 0.1) is 5.92 Å². The van der Waals surface area contributed by atoms with Crippen LogP contribution in [0.3, 0.4) is 0 Å². The topological polar surface area (TPSA) is 236 Å². The minimum absolute atomic E-state index is 0.199. The van der Waals surface area contributed by atoms with Gasteiger partial charge in [0.05, 0.1) is 12.5 Å². The van der Waals surface area contributed by atoms with Gasteiger partial charge in [-0.25, -0.2) is 4.79 Å². The van der Waals surface area contributed by atoms with E-state index in [0.29, 0.717) is 25.8 Å². The van der Waals surface area contributed by atoms with Crippen molar-refractivity contribution in [2.24, 2.45) is 23.1 Å². The zero-order chi connectivity index (χ0) is 29.8. The van der Waals surface area contributed by atoms with E-state index in [9.17, 15) is 29.1 Å². The summed E-state index contributed by atoms with van der Waals surface area (Å²) < 4.78 is 0. The predicted octanol–water partition coefficient (Wildman–Crippen LogP) is -0.373. The monoisotopic (exact) mass is 559 g/mol. The number of fused-ring (bicyclic) bond motifs is 1. The Morgan fingerprint density at radius 2 is 1.62 bits per heavy atom. The number of nitrogens with one attached hydrogen (secondary N) is 4. The Bertz CT molecular complexity index is 1180. The number of aliphatic carboxylic acids is 1. The lowest BCUT2D eigenvalue weighted by Gasteiger charge is -2.26. The van der Waals surface area contributed by atoms with Gasteiger partial charge in [0.25, 0.3) is 0 Å². The van der Waals surface area contributed by atoms with Crippen LogP contribution in [0.25, 0.3) is 10.9 Å². The first-order valence-corrected chi connectivity index (χ1v) is 13.4. The van der Waals surface area contributed by atoms with E-state index in [-0.39, 0.29) is 12.8 Å². The third-order valence-corrected chi connectivity index (χ3v) is 6.85. The minimum Gasteiger partial charge on any atom is -0.480 e. The summed E-state index contributed by atoms with van der Waals surface area (Å²) in [6.07, 6.45) is 3.18. The van der Waals surface area contributed by atoms with E-state index in [1.807, 2.05) is 24.3 Å². The Morgan fingerprint density at radius 3 is 2.25 bits per heavy atom. The number of carboxylic acid groups (broad SMARTS) is 1. The summed E-state index contributed by atoms with van der Waals surface area (Å²) in [5.74, 6) is -4.71. The molecule has 0 aliphatic rings. The highest BCUT2D eigenvalue weighted by Crippen LogP contribution is 2.19. The van der Waals surface area contributed by atoms with E-state index in [2.05, 4.69) is 20.9 Å². The number of para-hydroxylation sites is 1. The third-order valence-electron chi connectivity index (χ3n) is 6.85. The molecule has 0 bridgehead atoms. The second-order valence-electron chi connectivity index (χ2n) is 9.96. The van der Waals surface area contributed by atoms with Gasteiger partial charge >= 0.3 is 5.97 Å². The average Bonchev–Trinajstić information content (AvgIpc) is 3.32. The number of hydrogen-bond donors (Lipinski definition) is 8. The second kappa shape index (κ2) is 15.6. The van der Waals surface area contributed by atoms with Crippen molar-refractivity contribution in [1.29, 1.82) is 0 Å². The molecule has 0 aliphatic carbocycles. The number of nitrogens with two attached hydrogens (primary N) is 3. The summed E-state index contributed by atoms with van der Waals surface area (Å²) in [5.41, 5.74) is 18.8. The van der Waals surface area contributed by atoms with E-state index in [4.69, 9.17) is 17.2 Å². The van der Waals surface area contributed by atoms with Gasteiger partial charge in [0.15, 0.2) is 0 Å². The van der Waals surface area contributed by atoms with Crippen molar-refractivity contribution < 1.29 is 29.1 Å². The van der Waals surface area contributed by atoms with Crippen molar-refractivity contribution in [3.8, 4) is 0 Å². The molecule has 1 aromatic heterocycles. The van der Waals surface area contributed by atoms with E-state index < -0.39 is 66.1 Å². The van der Waals surface area contributed by atoms with Crippen LogP contribution >= 0.6 is 0 Å². The van der Waals surface area contributed by atoms with Crippen LogP contribution in [0.1, 0.15) is 51.5 Å². The standard InChI is InChI=1S/C27H41N7O6/c1-3-15(2)23(27(39)40)34-26(38)21(13-22(30)35)33-25(37)20(10-6-7-11-28)32-24(36)18(29)12-16-14-31-19-9-5-4-8-17(16)19/h4-5,8-9,14-15,18,20-21,23,31H,3,6-7,10-13,28-29H2,1-2H3,(H2,30,35)(H,32,36)(H,33,37)(H,34,38)(H,39,40). The van der Waals surface area contributed by atoms with Crippen molar-refractivity contribution in [3.63, 3.8) is 0 Å². The molecular formula is C27H41N7O6. The molecule has 220 valence electrons. The zero-order valence-corrected chi connectivity index (χ0v) is 22.9. The van der Waals surface area contributed by atoms with E-state index >= 15 is 0 Å². The Kier molecular flexibility index (Phi) is 12.6. The van der Waals surface area contributed by atoms with Crippen molar-refractivity contribution in [3.05, 3.63) is 36.0 Å². The van der Waals surface area contributed by atoms with Gasteiger partial charge in [0.2, 0.25) is 23.6 Å². The Labute approximate surface area is 233 Å². The molecule has 13 heteroatoms. The maximum atomic E-state index is 13.2. The number of benzene rings is 1.